The zero-order chi connectivity index (χ0) is 14.2. The Kier molecular flexibility index (Phi) is 3.21. The van der Waals surface area contributed by atoms with Gasteiger partial charge in [-0.15, -0.1) is 11.3 Å². The monoisotopic (exact) mass is 301 g/mol. The van der Waals surface area contributed by atoms with E-state index >= 15 is 0 Å². The molecule has 4 rings (SSSR count). The van der Waals surface area contributed by atoms with Crippen LogP contribution in [0.25, 0.3) is 0 Å². The summed E-state index contributed by atoms with van der Waals surface area (Å²) in [5.41, 5.74) is 4.04. The van der Waals surface area contributed by atoms with Crippen LogP contribution < -0.4 is 10.6 Å². The molecule has 0 fully saturated rings. The molecule has 3 heterocycles. The maximum Gasteiger partial charge on any atom is 0.257 e. The number of aromatic nitrogens is 1. The fraction of sp³-hybridized carbons (Fsp3) is 0.333. The topological polar surface area (TPSA) is 63.2 Å². The average molecular weight is 301 g/mol. The second kappa shape index (κ2) is 5.22. The number of carbonyl (C=O) groups is 1. The van der Waals surface area contributed by atoms with Crippen LogP contribution in [0.15, 0.2) is 18.2 Å². The number of benzene rings is 1. The second-order valence-electron chi connectivity index (χ2n) is 5.25. The maximum absolute atomic E-state index is 12.3. The lowest BCUT2D eigenvalue weighted by molar-refractivity contribution is 0.102. The van der Waals surface area contributed by atoms with Crippen molar-refractivity contribution < 1.29 is 9.53 Å². The highest BCUT2D eigenvalue weighted by Crippen LogP contribution is 2.26. The highest BCUT2D eigenvalue weighted by molar-refractivity contribution is 7.15. The summed E-state index contributed by atoms with van der Waals surface area (Å²) in [6, 6.07) is 5.72. The van der Waals surface area contributed by atoms with Gasteiger partial charge in [-0.1, -0.05) is 6.07 Å². The van der Waals surface area contributed by atoms with E-state index in [2.05, 4.69) is 15.6 Å². The molecule has 0 spiro atoms. The Morgan fingerprint density at radius 1 is 1.33 bits per heavy atom. The molecule has 1 aromatic heterocycles. The Balaban J connectivity index is 1.54. The largest absolute Gasteiger partial charge is 0.372 e. The first-order valence-electron chi connectivity index (χ1n) is 7.00. The van der Waals surface area contributed by atoms with Crippen molar-refractivity contribution in [1.29, 1.82) is 0 Å². The molecule has 0 aliphatic carbocycles. The van der Waals surface area contributed by atoms with E-state index in [1.165, 1.54) is 10.4 Å². The first kappa shape index (κ1) is 12.9. The fourth-order valence-electron chi connectivity index (χ4n) is 2.66. The number of fused-ring (bicyclic) bond motifs is 2. The second-order valence-corrected chi connectivity index (χ2v) is 6.33. The Morgan fingerprint density at radius 3 is 3.14 bits per heavy atom. The van der Waals surface area contributed by atoms with E-state index in [-0.39, 0.29) is 5.91 Å². The molecule has 2 aliphatic heterocycles. The minimum Gasteiger partial charge on any atom is -0.372 e. The van der Waals surface area contributed by atoms with Crippen molar-refractivity contribution in [3.8, 4) is 0 Å². The quantitative estimate of drug-likeness (QED) is 0.891. The van der Waals surface area contributed by atoms with Gasteiger partial charge in [0, 0.05) is 30.0 Å². The summed E-state index contributed by atoms with van der Waals surface area (Å²) >= 11 is 1.55. The number of carbonyl (C=O) groups excluding carboxylic acids is 1. The molecule has 2 aromatic rings. The van der Waals surface area contributed by atoms with Crippen LogP contribution in [0, 0.1) is 0 Å². The molecular formula is C15H15N3O2S. The van der Waals surface area contributed by atoms with Crippen molar-refractivity contribution in [2.45, 2.75) is 26.2 Å². The van der Waals surface area contributed by atoms with Crippen molar-refractivity contribution in [2.24, 2.45) is 0 Å². The molecule has 0 saturated carbocycles. The van der Waals surface area contributed by atoms with Gasteiger partial charge in [-0.05, 0) is 23.3 Å². The third-order valence-corrected chi connectivity index (χ3v) is 4.82. The van der Waals surface area contributed by atoms with Crippen LogP contribution in [0.4, 0.5) is 5.13 Å². The maximum atomic E-state index is 12.3. The summed E-state index contributed by atoms with van der Waals surface area (Å²) in [7, 11) is 0. The fourth-order valence-corrected chi connectivity index (χ4v) is 3.63. The number of hydrogen-bond donors (Lipinski definition) is 2. The van der Waals surface area contributed by atoms with Crippen LogP contribution in [-0.2, 0) is 30.9 Å². The van der Waals surface area contributed by atoms with Crippen molar-refractivity contribution in [1.82, 2.24) is 10.3 Å². The molecule has 0 unspecified atom stereocenters. The minimum atomic E-state index is -0.108. The molecule has 0 bridgehead atoms. The lowest BCUT2D eigenvalue weighted by Gasteiger charge is -2.09. The van der Waals surface area contributed by atoms with Gasteiger partial charge >= 0.3 is 0 Å². The van der Waals surface area contributed by atoms with Crippen molar-refractivity contribution in [3.63, 3.8) is 0 Å². The molecule has 1 aromatic carbocycles. The lowest BCUT2D eigenvalue weighted by Crippen LogP contribution is -2.22. The molecule has 21 heavy (non-hydrogen) atoms. The molecule has 2 N–H and O–H groups in total. The van der Waals surface area contributed by atoms with Crippen molar-refractivity contribution >= 4 is 22.4 Å². The number of thiazole rings is 1. The number of rotatable bonds is 2. The number of nitrogens with zero attached hydrogens (tertiary/aromatic N) is 1. The van der Waals surface area contributed by atoms with Crippen LogP contribution in [0.3, 0.4) is 0 Å². The number of nitrogens with one attached hydrogen (secondary N) is 2. The highest BCUT2D eigenvalue weighted by atomic mass is 32.1. The van der Waals surface area contributed by atoms with Gasteiger partial charge < -0.3 is 10.1 Å². The van der Waals surface area contributed by atoms with Gasteiger partial charge in [0.25, 0.3) is 5.91 Å². The first-order chi connectivity index (χ1) is 10.3. The highest BCUT2D eigenvalue weighted by Gasteiger charge is 2.18. The standard InChI is InChI=1S/C15H15N3O2S/c19-14(9-1-2-10-7-20-8-11(10)5-9)18-15-17-12-3-4-16-6-13(12)21-15/h1-2,5,16H,3-4,6-8H2,(H,17,18,19). The van der Waals surface area contributed by atoms with E-state index in [9.17, 15) is 4.79 Å². The van der Waals surface area contributed by atoms with Gasteiger partial charge in [-0.25, -0.2) is 4.98 Å². The van der Waals surface area contributed by atoms with Gasteiger partial charge in [0.1, 0.15) is 0 Å². The minimum absolute atomic E-state index is 0.108. The summed E-state index contributed by atoms with van der Waals surface area (Å²) in [5.74, 6) is -0.108. The molecule has 1 amide bonds. The molecule has 0 saturated heterocycles. The van der Waals surface area contributed by atoms with Crippen LogP contribution in [0.5, 0.6) is 0 Å². The van der Waals surface area contributed by atoms with Gasteiger partial charge in [0.2, 0.25) is 0 Å². The summed E-state index contributed by atoms with van der Waals surface area (Å²) in [6.07, 6.45) is 0.928. The van der Waals surface area contributed by atoms with Crippen LogP contribution in [0.2, 0.25) is 0 Å². The molecule has 0 atom stereocenters. The summed E-state index contributed by atoms with van der Waals surface area (Å²) in [5, 5.41) is 6.90. The van der Waals surface area contributed by atoms with Crippen LogP contribution in [-0.4, -0.2) is 17.4 Å². The Bertz CT molecular complexity index is 687. The number of hydrogen-bond acceptors (Lipinski definition) is 5. The third-order valence-electron chi connectivity index (χ3n) is 3.81. The van der Waals surface area contributed by atoms with Crippen molar-refractivity contribution in [2.75, 3.05) is 11.9 Å². The number of ether oxygens (including phenoxy) is 1. The molecule has 5 nitrogen and oxygen atoms in total. The molecule has 6 heteroatoms. The van der Waals surface area contributed by atoms with E-state index in [4.69, 9.17) is 4.74 Å². The third kappa shape index (κ3) is 2.46. The van der Waals surface area contributed by atoms with E-state index in [0.717, 1.165) is 30.8 Å². The van der Waals surface area contributed by atoms with Crippen molar-refractivity contribution in [3.05, 3.63) is 45.5 Å². The summed E-state index contributed by atoms with van der Waals surface area (Å²) in [6.45, 7) is 3.03. The molecule has 108 valence electrons. The summed E-state index contributed by atoms with van der Waals surface area (Å²) in [4.78, 5) is 18.1. The lowest BCUT2D eigenvalue weighted by atomic mass is 10.1. The number of anilines is 1. The normalized spacial score (nSPS) is 16.4. The van der Waals surface area contributed by atoms with Gasteiger partial charge in [0.05, 0.1) is 18.9 Å². The Hall–Kier alpha value is -1.76. The Morgan fingerprint density at radius 2 is 2.24 bits per heavy atom. The van der Waals surface area contributed by atoms with Gasteiger partial charge in [0.15, 0.2) is 5.13 Å². The first-order valence-corrected chi connectivity index (χ1v) is 7.81. The van der Waals surface area contributed by atoms with E-state index in [1.807, 2.05) is 18.2 Å². The molecule has 2 aliphatic rings. The Labute approximate surface area is 126 Å². The van der Waals surface area contributed by atoms with Crippen LogP contribution >= 0.6 is 11.3 Å². The SMILES string of the molecule is O=C(Nc1nc2c(s1)CNCC2)c1ccc2c(c1)COC2. The zero-order valence-electron chi connectivity index (χ0n) is 11.4. The predicted octanol–water partition coefficient (Wildman–Crippen LogP) is 2.07. The van der Waals surface area contributed by atoms with E-state index < -0.39 is 0 Å². The summed E-state index contributed by atoms with van der Waals surface area (Å²) < 4.78 is 5.37. The zero-order valence-corrected chi connectivity index (χ0v) is 12.3. The van der Waals surface area contributed by atoms with Gasteiger partial charge in [-0.2, -0.15) is 0 Å². The number of amides is 1. The van der Waals surface area contributed by atoms with E-state index in [0.29, 0.717) is 23.9 Å². The van der Waals surface area contributed by atoms with E-state index in [1.54, 1.807) is 11.3 Å². The molecule has 0 radical (unpaired) electrons. The van der Waals surface area contributed by atoms with Gasteiger partial charge in [-0.3, -0.25) is 10.1 Å². The van der Waals surface area contributed by atoms with Crippen LogP contribution in [0.1, 0.15) is 32.1 Å². The predicted molar refractivity (Wildman–Crippen MR) is 80.4 cm³/mol. The average Bonchev–Trinajstić information content (AvgIpc) is 3.11. The molecular weight excluding hydrogens is 286 g/mol. The smallest absolute Gasteiger partial charge is 0.257 e.